The molecule has 0 amide bonds. The highest BCUT2D eigenvalue weighted by atomic mass is 31.2. The minimum absolute atomic E-state index is 0.0841. The van der Waals surface area contributed by atoms with Gasteiger partial charge in [0.15, 0.2) is 11.5 Å². The Morgan fingerprint density at radius 1 is 1.04 bits per heavy atom. The minimum atomic E-state index is -4.44. The van der Waals surface area contributed by atoms with Crippen molar-refractivity contribution in [3.63, 3.8) is 0 Å². The number of aromatic nitrogens is 4. The number of anilines is 1. The van der Waals surface area contributed by atoms with Crippen molar-refractivity contribution in [3.8, 4) is 0 Å². The highest BCUT2D eigenvalue weighted by molar-refractivity contribution is 7.51. The van der Waals surface area contributed by atoms with Crippen LogP contribution in [0.1, 0.15) is 6.04 Å². The number of hydrogen-bond acceptors (Lipinski definition) is 9. The molecule has 2 rings (SSSR count). The summed E-state index contributed by atoms with van der Waals surface area (Å²) in [6, 6.07) is -0.993. The van der Waals surface area contributed by atoms with Crippen molar-refractivity contribution in [2.75, 3.05) is 31.6 Å². The maximum Gasteiger partial charge on any atom is 0.350 e. The number of nitrogen functional groups attached to an aromatic ring is 1. The first kappa shape index (κ1) is 21.8. The van der Waals surface area contributed by atoms with Gasteiger partial charge in [0, 0.05) is 0 Å². The molecule has 16 heteroatoms. The number of fused-ring (bicyclic) bond motifs is 1. The van der Waals surface area contributed by atoms with E-state index in [1.807, 2.05) is 0 Å². The van der Waals surface area contributed by atoms with Crippen LogP contribution >= 0.6 is 15.2 Å². The molecular formula is C11H19N5O9P2. The van der Waals surface area contributed by atoms with Gasteiger partial charge in [0.1, 0.15) is 30.6 Å². The van der Waals surface area contributed by atoms with E-state index in [2.05, 4.69) is 15.0 Å². The molecule has 0 bridgehead atoms. The van der Waals surface area contributed by atoms with Crippen LogP contribution in [-0.2, 0) is 18.6 Å². The third kappa shape index (κ3) is 6.57. The summed E-state index contributed by atoms with van der Waals surface area (Å²) in [5, 5.41) is 10.4. The van der Waals surface area contributed by atoms with Crippen molar-refractivity contribution >= 4 is 32.2 Å². The summed E-state index contributed by atoms with van der Waals surface area (Å²) >= 11 is 0. The van der Waals surface area contributed by atoms with E-state index in [0.29, 0.717) is 0 Å². The van der Waals surface area contributed by atoms with Crippen molar-refractivity contribution in [1.82, 2.24) is 19.5 Å². The fourth-order valence-corrected chi connectivity index (χ4v) is 2.87. The lowest BCUT2D eigenvalue weighted by Crippen LogP contribution is -2.32. The van der Waals surface area contributed by atoms with Crippen molar-refractivity contribution < 1.29 is 43.3 Å². The van der Waals surface area contributed by atoms with Gasteiger partial charge in [-0.15, -0.1) is 0 Å². The smallest absolute Gasteiger partial charge is 0.350 e. The lowest BCUT2D eigenvalue weighted by molar-refractivity contribution is -0.00741. The van der Waals surface area contributed by atoms with Gasteiger partial charge in [-0.05, 0) is 0 Å². The zero-order valence-corrected chi connectivity index (χ0v) is 15.6. The molecule has 2 atom stereocenters. The van der Waals surface area contributed by atoms with Gasteiger partial charge in [-0.3, -0.25) is 9.13 Å². The van der Waals surface area contributed by atoms with Gasteiger partial charge in [0.25, 0.3) is 0 Å². The zero-order chi connectivity index (χ0) is 20.2. The van der Waals surface area contributed by atoms with Crippen molar-refractivity contribution in [1.29, 1.82) is 0 Å². The average molecular weight is 427 g/mol. The van der Waals surface area contributed by atoms with Gasteiger partial charge in [-0.2, -0.15) is 0 Å². The largest absolute Gasteiger partial charge is 0.388 e. The van der Waals surface area contributed by atoms with E-state index in [9.17, 15) is 14.2 Å². The maximum atomic E-state index is 10.9. The first-order valence-corrected chi connectivity index (χ1v) is 10.9. The molecule has 152 valence electrons. The third-order valence-electron chi connectivity index (χ3n) is 3.28. The summed E-state index contributed by atoms with van der Waals surface area (Å²) in [6.45, 7) is -0.865. The third-order valence-corrected chi connectivity index (χ3v) is 4.32. The molecule has 0 aliphatic carbocycles. The SMILES string of the molecule is Nc1ncnc2c1ncn2[C@H](COCP(=O)(O)O)[C@@H](O)COCP(=O)(O)O. The van der Waals surface area contributed by atoms with E-state index in [0.717, 1.165) is 0 Å². The van der Waals surface area contributed by atoms with Crippen LogP contribution in [0.5, 0.6) is 0 Å². The van der Waals surface area contributed by atoms with Crippen LogP contribution in [0.2, 0.25) is 0 Å². The van der Waals surface area contributed by atoms with Crippen LogP contribution in [0.4, 0.5) is 5.82 Å². The quantitative estimate of drug-likeness (QED) is 0.241. The summed E-state index contributed by atoms with van der Waals surface area (Å²) in [4.78, 5) is 47.2. The van der Waals surface area contributed by atoms with E-state index in [1.165, 1.54) is 17.2 Å². The van der Waals surface area contributed by atoms with Crippen LogP contribution in [0, 0.1) is 0 Å². The molecule has 2 aromatic heterocycles. The Hall–Kier alpha value is -1.47. The second-order valence-electron chi connectivity index (χ2n) is 5.55. The number of aliphatic hydroxyl groups is 1. The molecule has 0 unspecified atom stereocenters. The molecule has 0 aliphatic rings. The Morgan fingerprint density at radius 2 is 1.63 bits per heavy atom. The highest BCUT2D eigenvalue weighted by Crippen LogP contribution is 2.35. The van der Waals surface area contributed by atoms with Crippen molar-refractivity contribution in [2.45, 2.75) is 12.1 Å². The molecule has 0 aromatic carbocycles. The lowest BCUT2D eigenvalue weighted by Gasteiger charge is -2.24. The fraction of sp³-hybridized carbons (Fsp3) is 0.545. The Morgan fingerprint density at radius 3 is 2.22 bits per heavy atom. The van der Waals surface area contributed by atoms with Crippen LogP contribution in [0.3, 0.4) is 0 Å². The van der Waals surface area contributed by atoms with Crippen molar-refractivity contribution in [3.05, 3.63) is 12.7 Å². The molecule has 2 heterocycles. The van der Waals surface area contributed by atoms with E-state index in [4.69, 9.17) is 34.8 Å². The van der Waals surface area contributed by atoms with Gasteiger partial charge in [0.2, 0.25) is 0 Å². The van der Waals surface area contributed by atoms with Gasteiger partial charge in [-0.1, -0.05) is 0 Å². The van der Waals surface area contributed by atoms with Gasteiger partial charge in [0.05, 0.1) is 25.6 Å². The second kappa shape index (κ2) is 8.69. The number of ether oxygens (including phenoxy) is 2. The molecule has 0 saturated heterocycles. The number of nitrogens with zero attached hydrogens (tertiary/aromatic N) is 4. The Kier molecular flexibility index (Phi) is 7.03. The van der Waals surface area contributed by atoms with Crippen molar-refractivity contribution in [2.24, 2.45) is 0 Å². The van der Waals surface area contributed by atoms with Crippen LogP contribution < -0.4 is 5.73 Å². The lowest BCUT2D eigenvalue weighted by atomic mass is 10.2. The van der Waals surface area contributed by atoms with E-state index >= 15 is 0 Å². The number of hydrogen-bond donors (Lipinski definition) is 6. The Bertz CT molecular complexity index is 865. The van der Waals surface area contributed by atoms with Crippen LogP contribution in [0.25, 0.3) is 11.2 Å². The van der Waals surface area contributed by atoms with E-state index < -0.39 is 46.6 Å². The molecule has 0 fully saturated rings. The zero-order valence-electron chi connectivity index (χ0n) is 13.8. The molecule has 0 saturated carbocycles. The Balaban J connectivity index is 2.21. The predicted octanol–water partition coefficient (Wildman–Crippen LogP) is -1.39. The van der Waals surface area contributed by atoms with Crippen LogP contribution in [-0.4, -0.2) is 76.2 Å². The summed E-state index contributed by atoms with van der Waals surface area (Å²) in [5.41, 5.74) is 6.16. The molecule has 2 aromatic rings. The molecule has 27 heavy (non-hydrogen) atoms. The van der Waals surface area contributed by atoms with E-state index in [-0.39, 0.29) is 23.6 Å². The normalized spacial score (nSPS) is 15.1. The second-order valence-corrected chi connectivity index (χ2v) is 8.72. The predicted molar refractivity (Wildman–Crippen MR) is 90.5 cm³/mol. The molecule has 0 spiro atoms. The molecule has 0 aliphatic heterocycles. The summed E-state index contributed by atoms with van der Waals surface area (Å²) in [6.07, 6.45) is -0.724. The molecule has 7 N–H and O–H groups in total. The highest BCUT2D eigenvalue weighted by Gasteiger charge is 2.27. The van der Waals surface area contributed by atoms with Gasteiger partial charge in [-0.25, -0.2) is 15.0 Å². The van der Waals surface area contributed by atoms with E-state index in [1.54, 1.807) is 0 Å². The first-order chi connectivity index (χ1) is 12.5. The molecule has 14 nitrogen and oxygen atoms in total. The van der Waals surface area contributed by atoms with Crippen LogP contribution in [0.15, 0.2) is 12.7 Å². The monoisotopic (exact) mass is 427 g/mol. The number of rotatable bonds is 10. The number of imidazole rings is 1. The van der Waals surface area contributed by atoms with Gasteiger partial charge < -0.3 is 44.5 Å². The average Bonchev–Trinajstić information content (AvgIpc) is 2.94. The van der Waals surface area contributed by atoms with Gasteiger partial charge >= 0.3 is 15.2 Å². The Labute approximate surface area is 152 Å². The number of nitrogens with two attached hydrogens (primary N) is 1. The molecule has 0 radical (unpaired) electrons. The topological polar surface area (TPSA) is 223 Å². The number of aliphatic hydroxyl groups excluding tert-OH is 1. The standard InChI is InChI=1S/C11H19N5O9P2/c12-10-9-11(14-3-13-10)16(4-15-9)7(1-24-5-26(18,19)20)8(17)2-25-6-27(21,22)23/h3-4,7-8,17H,1-2,5-6H2,(H2,12,13,14)(H2,18,19,20)(H2,21,22,23)/t7-,8+/m1/s1. The summed E-state index contributed by atoms with van der Waals surface area (Å²) < 4.78 is 32.9. The molecular weight excluding hydrogens is 408 g/mol. The fourth-order valence-electron chi connectivity index (χ4n) is 2.19. The first-order valence-electron chi connectivity index (χ1n) is 7.33. The maximum absolute atomic E-state index is 10.9. The summed E-state index contributed by atoms with van der Waals surface area (Å²) in [7, 11) is -8.86. The minimum Gasteiger partial charge on any atom is -0.388 e. The summed E-state index contributed by atoms with van der Waals surface area (Å²) in [5.74, 6) is 0.0841.